The van der Waals surface area contributed by atoms with E-state index in [2.05, 4.69) is 12.2 Å². The Balaban J connectivity index is 2.15. The summed E-state index contributed by atoms with van der Waals surface area (Å²) < 4.78 is 0. The van der Waals surface area contributed by atoms with Crippen LogP contribution in [0.3, 0.4) is 0 Å². The van der Waals surface area contributed by atoms with Gasteiger partial charge >= 0.3 is 0 Å². The number of hydrogen-bond donors (Lipinski definition) is 1. The summed E-state index contributed by atoms with van der Waals surface area (Å²) in [4.78, 5) is 10.8. The van der Waals surface area contributed by atoms with Gasteiger partial charge in [0.15, 0.2) is 0 Å². The van der Waals surface area contributed by atoms with Crippen molar-refractivity contribution in [1.82, 2.24) is 0 Å². The Morgan fingerprint density at radius 2 is 2.29 bits per heavy atom. The van der Waals surface area contributed by atoms with Crippen LogP contribution in [0.4, 0.5) is 0 Å². The van der Waals surface area contributed by atoms with Gasteiger partial charge in [-0.15, -0.1) is 0 Å². The average molecular weight is 188 g/mol. The number of carbonyl (C=O) groups is 1. The van der Waals surface area contributed by atoms with Crippen LogP contribution in [-0.2, 0) is 4.79 Å². The third kappa shape index (κ3) is 1.44. The van der Waals surface area contributed by atoms with Gasteiger partial charge in [0.2, 0.25) is 0 Å². The van der Waals surface area contributed by atoms with Crippen LogP contribution in [0.15, 0.2) is 23.8 Å². The summed E-state index contributed by atoms with van der Waals surface area (Å²) >= 11 is 0. The molecule has 3 heteroatoms. The molecule has 3 atom stereocenters. The molecule has 0 spiro atoms. The molecule has 0 aromatic heterocycles. The second-order valence-corrected chi connectivity index (χ2v) is 4.00. The fraction of sp³-hybridized carbons (Fsp3) is 0.455. The Morgan fingerprint density at radius 3 is 2.71 bits per heavy atom. The molecule has 0 aromatic carbocycles. The van der Waals surface area contributed by atoms with E-state index in [-0.39, 0.29) is 5.57 Å². The molecular weight excluding hydrogens is 176 g/mol. The summed E-state index contributed by atoms with van der Waals surface area (Å²) in [5, 5.41) is 8.69. The molecule has 2 aliphatic carbocycles. The predicted molar refractivity (Wildman–Crippen MR) is 51.7 cm³/mol. The normalized spacial score (nSPS) is 34.5. The van der Waals surface area contributed by atoms with Crippen molar-refractivity contribution < 1.29 is 4.79 Å². The van der Waals surface area contributed by atoms with Crippen LogP contribution in [0, 0.1) is 29.1 Å². The van der Waals surface area contributed by atoms with Crippen molar-refractivity contribution in [1.29, 1.82) is 5.26 Å². The first-order valence-corrected chi connectivity index (χ1v) is 4.80. The number of primary amides is 1. The zero-order chi connectivity index (χ0) is 10.1. The molecule has 72 valence electrons. The van der Waals surface area contributed by atoms with E-state index in [1.807, 2.05) is 6.07 Å². The smallest absolute Gasteiger partial charge is 0.259 e. The first-order valence-electron chi connectivity index (χ1n) is 4.80. The van der Waals surface area contributed by atoms with Crippen LogP contribution in [-0.4, -0.2) is 5.91 Å². The quantitative estimate of drug-likeness (QED) is 0.401. The number of fused-ring (bicyclic) bond motifs is 2. The SMILES string of the molecule is N#C/C(=C\[C@H]1C[C@H]2C=C[C@@H]1C2)C(N)=O. The molecule has 14 heavy (non-hydrogen) atoms. The summed E-state index contributed by atoms with van der Waals surface area (Å²) in [6, 6.07) is 1.85. The molecule has 2 rings (SSSR count). The minimum Gasteiger partial charge on any atom is -0.365 e. The molecule has 1 saturated carbocycles. The standard InChI is InChI=1S/C11H12N2O/c12-6-10(11(13)14)5-9-4-7-1-2-8(9)3-7/h1-2,5,7-9H,3-4H2,(H2,13,14)/b10-5+/t7-,8+,9+/m0/s1. The fourth-order valence-electron chi connectivity index (χ4n) is 2.40. The maximum absolute atomic E-state index is 10.8. The molecule has 2 N–H and O–H groups in total. The number of nitrogens with two attached hydrogens (primary N) is 1. The molecular formula is C11H12N2O. The zero-order valence-electron chi connectivity index (χ0n) is 7.81. The van der Waals surface area contributed by atoms with Crippen molar-refractivity contribution in [2.24, 2.45) is 23.5 Å². The van der Waals surface area contributed by atoms with Gasteiger partial charge in [0.25, 0.3) is 5.91 Å². The van der Waals surface area contributed by atoms with E-state index in [9.17, 15) is 4.79 Å². The van der Waals surface area contributed by atoms with E-state index in [4.69, 9.17) is 11.0 Å². The molecule has 0 aliphatic heterocycles. The maximum Gasteiger partial charge on any atom is 0.259 e. The highest BCUT2D eigenvalue weighted by Gasteiger charge is 2.34. The first kappa shape index (κ1) is 9.01. The van der Waals surface area contributed by atoms with Gasteiger partial charge in [-0.3, -0.25) is 4.79 Å². The summed E-state index contributed by atoms with van der Waals surface area (Å²) in [6.07, 6.45) is 8.38. The van der Waals surface area contributed by atoms with Crippen molar-refractivity contribution in [2.75, 3.05) is 0 Å². The van der Waals surface area contributed by atoms with Crippen LogP contribution < -0.4 is 5.73 Å². The number of carbonyl (C=O) groups excluding carboxylic acids is 1. The second-order valence-electron chi connectivity index (χ2n) is 4.00. The summed E-state index contributed by atoms with van der Waals surface area (Å²) in [5.41, 5.74) is 5.18. The van der Waals surface area contributed by atoms with E-state index in [0.29, 0.717) is 17.8 Å². The maximum atomic E-state index is 10.8. The number of amides is 1. The van der Waals surface area contributed by atoms with Crippen LogP contribution in [0.5, 0.6) is 0 Å². The topological polar surface area (TPSA) is 66.9 Å². The van der Waals surface area contributed by atoms with Crippen molar-refractivity contribution in [3.8, 4) is 6.07 Å². The lowest BCUT2D eigenvalue weighted by molar-refractivity contribution is -0.114. The minimum atomic E-state index is -0.612. The minimum absolute atomic E-state index is 0.107. The molecule has 0 radical (unpaired) electrons. The van der Waals surface area contributed by atoms with E-state index in [1.54, 1.807) is 6.08 Å². The van der Waals surface area contributed by atoms with Crippen LogP contribution >= 0.6 is 0 Å². The Hall–Kier alpha value is -1.56. The molecule has 1 fully saturated rings. The van der Waals surface area contributed by atoms with Crippen molar-refractivity contribution in [2.45, 2.75) is 12.8 Å². The predicted octanol–water partition coefficient (Wildman–Crippen LogP) is 1.13. The van der Waals surface area contributed by atoms with Gasteiger partial charge in [0.1, 0.15) is 11.6 Å². The van der Waals surface area contributed by atoms with Gasteiger partial charge in [-0.25, -0.2) is 0 Å². The summed E-state index contributed by atoms with van der Waals surface area (Å²) in [6.45, 7) is 0. The number of rotatable bonds is 2. The number of allylic oxidation sites excluding steroid dienone is 3. The highest BCUT2D eigenvalue weighted by molar-refractivity contribution is 5.95. The van der Waals surface area contributed by atoms with Gasteiger partial charge in [-0.2, -0.15) is 5.26 Å². The van der Waals surface area contributed by atoms with Gasteiger partial charge in [0, 0.05) is 0 Å². The number of nitrogens with zero attached hydrogens (tertiary/aromatic N) is 1. The van der Waals surface area contributed by atoms with Crippen LogP contribution in [0.2, 0.25) is 0 Å². The Morgan fingerprint density at radius 1 is 1.50 bits per heavy atom. The molecule has 2 bridgehead atoms. The van der Waals surface area contributed by atoms with E-state index >= 15 is 0 Å². The van der Waals surface area contributed by atoms with Crippen LogP contribution in [0.1, 0.15) is 12.8 Å². The van der Waals surface area contributed by atoms with Crippen molar-refractivity contribution in [3.05, 3.63) is 23.8 Å². The Labute approximate surface area is 82.9 Å². The molecule has 0 unspecified atom stereocenters. The lowest BCUT2D eigenvalue weighted by Crippen LogP contribution is -2.15. The monoisotopic (exact) mass is 188 g/mol. The molecule has 1 amide bonds. The fourth-order valence-corrected chi connectivity index (χ4v) is 2.40. The largest absolute Gasteiger partial charge is 0.365 e. The Kier molecular flexibility index (Phi) is 2.12. The average Bonchev–Trinajstić information content (AvgIpc) is 2.74. The summed E-state index contributed by atoms with van der Waals surface area (Å²) in [5.74, 6) is 0.892. The van der Waals surface area contributed by atoms with Gasteiger partial charge in [-0.05, 0) is 30.6 Å². The summed E-state index contributed by atoms with van der Waals surface area (Å²) in [7, 11) is 0. The molecule has 0 heterocycles. The third-order valence-electron chi connectivity index (χ3n) is 3.10. The lowest BCUT2D eigenvalue weighted by atomic mass is 9.91. The van der Waals surface area contributed by atoms with E-state index in [0.717, 1.165) is 6.42 Å². The van der Waals surface area contributed by atoms with E-state index < -0.39 is 5.91 Å². The molecule has 3 nitrogen and oxygen atoms in total. The van der Waals surface area contributed by atoms with Gasteiger partial charge in [-0.1, -0.05) is 18.2 Å². The third-order valence-corrected chi connectivity index (χ3v) is 3.10. The van der Waals surface area contributed by atoms with E-state index in [1.165, 1.54) is 6.42 Å². The van der Waals surface area contributed by atoms with Crippen molar-refractivity contribution in [3.63, 3.8) is 0 Å². The van der Waals surface area contributed by atoms with Crippen molar-refractivity contribution >= 4 is 5.91 Å². The molecule has 2 aliphatic rings. The number of nitriles is 1. The molecule has 0 aromatic rings. The van der Waals surface area contributed by atoms with Gasteiger partial charge in [0.05, 0.1) is 0 Å². The number of hydrogen-bond acceptors (Lipinski definition) is 2. The van der Waals surface area contributed by atoms with Crippen LogP contribution in [0.25, 0.3) is 0 Å². The second kappa shape index (κ2) is 3.30. The highest BCUT2D eigenvalue weighted by Crippen LogP contribution is 2.44. The first-order chi connectivity index (χ1) is 6.70. The zero-order valence-corrected chi connectivity index (χ0v) is 7.81. The van der Waals surface area contributed by atoms with Gasteiger partial charge < -0.3 is 5.73 Å². The molecule has 0 saturated heterocycles. The lowest BCUT2D eigenvalue weighted by Gasteiger charge is -2.13. The highest BCUT2D eigenvalue weighted by atomic mass is 16.1. The Bertz CT molecular complexity index is 362.